The molecule has 88 valence electrons. The van der Waals surface area contributed by atoms with Crippen LogP contribution in [-0.2, 0) is 5.33 Å². The molecule has 6 heteroatoms. The molecule has 0 N–H and O–H groups in total. The molecule has 0 atom stereocenters. The molecule has 0 aliphatic carbocycles. The van der Waals surface area contributed by atoms with Gasteiger partial charge in [-0.2, -0.15) is 5.10 Å². The first-order chi connectivity index (χ1) is 8.11. The number of nitro groups is 1. The van der Waals surface area contributed by atoms with Gasteiger partial charge in [-0.3, -0.25) is 10.1 Å². The third-order valence-corrected chi connectivity index (χ3v) is 3.00. The molecule has 1 aromatic heterocycles. The van der Waals surface area contributed by atoms with Crippen molar-refractivity contribution in [3.8, 4) is 5.69 Å². The fourth-order valence-electron chi connectivity index (χ4n) is 1.54. The molecule has 0 aliphatic rings. The summed E-state index contributed by atoms with van der Waals surface area (Å²) in [7, 11) is 0. The van der Waals surface area contributed by atoms with Crippen molar-refractivity contribution in [2.24, 2.45) is 0 Å². The quantitative estimate of drug-likeness (QED) is 0.497. The van der Waals surface area contributed by atoms with Crippen LogP contribution in [0.1, 0.15) is 11.1 Å². The molecule has 2 rings (SSSR count). The highest BCUT2D eigenvalue weighted by Crippen LogP contribution is 2.24. The monoisotopic (exact) mass is 295 g/mol. The van der Waals surface area contributed by atoms with Crippen LogP contribution in [-0.4, -0.2) is 14.7 Å². The second-order valence-corrected chi connectivity index (χ2v) is 4.24. The Morgan fingerprint density at radius 2 is 2.29 bits per heavy atom. The van der Waals surface area contributed by atoms with E-state index >= 15 is 0 Å². The molecular weight excluding hydrogens is 286 g/mol. The maximum atomic E-state index is 11.0. The van der Waals surface area contributed by atoms with E-state index in [0.29, 0.717) is 11.0 Å². The maximum Gasteiger partial charge on any atom is 0.295 e. The van der Waals surface area contributed by atoms with Gasteiger partial charge >= 0.3 is 0 Å². The molecule has 0 saturated carbocycles. The van der Waals surface area contributed by atoms with E-state index in [2.05, 4.69) is 21.0 Å². The van der Waals surface area contributed by atoms with Gasteiger partial charge < -0.3 is 0 Å². The third kappa shape index (κ3) is 2.36. The van der Waals surface area contributed by atoms with Crippen molar-refractivity contribution in [1.29, 1.82) is 0 Å². The molecule has 0 amide bonds. The average molecular weight is 296 g/mol. The Morgan fingerprint density at radius 3 is 2.82 bits per heavy atom. The highest BCUT2D eigenvalue weighted by molar-refractivity contribution is 9.08. The zero-order chi connectivity index (χ0) is 12.4. The van der Waals surface area contributed by atoms with Crippen LogP contribution in [0.25, 0.3) is 5.69 Å². The normalized spacial score (nSPS) is 10.5. The number of nitrogens with zero attached hydrogens (tertiary/aromatic N) is 3. The van der Waals surface area contributed by atoms with Gasteiger partial charge in [0.2, 0.25) is 0 Å². The summed E-state index contributed by atoms with van der Waals surface area (Å²) in [5.41, 5.74) is 2.37. The summed E-state index contributed by atoms with van der Waals surface area (Å²) in [6.07, 6.45) is 3.43. The first-order valence-electron chi connectivity index (χ1n) is 4.96. The molecule has 0 saturated heterocycles. The highest BCUT2D eigenvalue weighted by atomic mass is 79.9. The number of aromatic nitrogens is 2. The van der Waals surface area contributed by atoms with Crippen LogP contribution >= 0.6 is 15.9 Å². The standard InChI is InChI=1S/C11H10BrN3O2/c1-8-6-13-14(7-8)10-3-2-9(5-12)4-11(10)15(16)17/h2-4,6-7H,5H2,1H3. The molecule has 0 aliphatic heterocycles. The van der Waals surface area contributed by atoms with Crippen LogP contribution in [0.4, 0.5) is 5.69 Å². The maximum absolute atomic E-state index is 11.0. The fraction of sp³-hybridized carbons (Fsp3) is 0.182. The lowest BCUT2D eigenvalue weighted by atomic mass is 10.2. The topological polar surface area (TPSA) is 61.0 Å². The van der Waals surface area contributed by atoms with Gasteiger partial charge in [0.1, 0.15) is 5.69 Å². The molecule has 0 spiro atoms. The lowest BCUT2D eigenvalue weighted by Gasteiger charge is -2.04. The molecule has 0 bridgehead atoms. The Morgan fingerprint density at radius 1 is 1.53 bits per heavy atom. The largest absolute Gasteiger partial charge is 0.295 e. The molecule has 1 aromatic carbocycles. The van der Waals surface area contributed by atoms with E-state index < -0.39 is 4.92 Å². The molecule has 5 nitrogen and oxygen atoms in total. The zero-order valence-corrected chi connectivity index (χ0v) is 10.7. The number of hydrogen-bond acceptors (Lipinski definition) is 3. The number of hydrogen-bond donors (Lipinski definition) is 0. The van der Waals surface area contributed by atoms with Crippen molar-refractivity contribution < 1.29 is 4.92 Å². The van der Waals surface area contributed by atoms with Gasteiger partial charge in [-0.25, -0.2) is 4.68 Å². The van der Waals surface area contributed by atoms with E-state index in [1.54, 1.807) is 24.5 Å². The van der Waals surface area contributed by atoms with E-state index in [-0.39, 0.29) is 5.69 Å². The van der Waals surface area contributed by atoms with Crippen LogP contribution in [0.2, 0.25) is 0 Å². The van der Waals surface area contributed by atoms with Crippen molar-refractivity contribution in [3.63, 3.8) is 0 Å². The van der Waals surface area contributed by atoms with Crippen molar-refractivity contribution in [3.05, 3.63) is 51.8 Å². The Hall–Kier alpha value is -1.69. The minimum Gasteiger partial charge on any atom is -0.258 e. The number of aryl methyl sites for hydroxylation is 1. The first kappa shape index (κ1) is 11.8. The number of nitro benzene ring substituents is 1. The molecule has 17 heavy (non-hydrogen) atoms. The van der Waals surface area contributed by atoms with Crippen molar-refractivity contribution in [2.45, 2.75) is 12.3 Å². The molecule has 2 aromatic rings. The van der Waals surface area contributed by atoms with Gasteiger partial charge in [0.15, 0.2) is 0 Å². The predicted octanol–water partition coefficient (Wildman–Crippen LogP) is 2.98. The summed E-state index contributed by atoms with van der Waals surface area (Å²) in [5.74, 6) is 0. The lowest BCUT2D eigenvalue weighted by Crippen LogP contribution is -2.01. The lowest BCUT2D eigenvalue weighted by molar-refractivity contribution is -0.384. The van der Waals surface area contributed by atoms with Gasteiger partial charge in [-0.05, 0) is 24.1 Å². The van der Waals surface area contributed by atoms with Crippen molar-refractivity contribution >= 4 is 21.6 Å². The van der Waals surface area contributed by atoms with Crippen LogP contribution in [0.3, 0.4) is 0 Å². The van der Waals surface area contributed by atoms with E-state index in [9.17, 15) is 10.1 Å². The van der Waals surface area contributed by atoms with Crippen LogP contribution in [0.5, 0.6) is 0 Å². The summed E-state index contributed by atoms with van der Waals surface area (Å²) < 4.78 is 1.52. The molecular formula is C11H10BrN3O2. The van der Waals surface area contributed by atoms with Gasteiger partial charge in [-0.1, -0.05) is 22.0 Å². The van der Waals surface area contributed by atoms with E-state index in [1.807, 2.05) is 13.0 Å². The van der Waals surface area contributed by atoms with E-state index in [4.69, 9.17) is 0 Å². The minimum absolute atomic E-state index is 0.0602. The second-order valence-electron chi connectivity index (χ2n) is 3.68. The Balaban J connectivity index is 2.57. The van der Waals surface area contributed by atoms with E-state index in [1.165, 1.54) is 4.68 Å². The second kappa shape index (κ2) is 4.67. The Kier molecular flexibility index (Phi) is 3.23. The van der Waals surface area contributed by atoms with Gasteiger partial charge in [0.05, 0.1) is 11.1 Å². The number of halogens is 1. The summed E-state index contributed by atoms with van der Waals surface area (Å²) >= 11 is 3.28. The van der Waals surface area contributed by atoms with Crippen LogP contribution in [0.15, 0.2) is 30.6 Å². The van der Waals surface area contributed by atoms with Gasteiger partial charge in [0, 0.05) is 17.6 Å². The Labute approximate surface area is 106 Å². The number of benzene rings is 1. The summed E-state index contributed by atoms with van der Waals surface area (Å²) in [5, 5.41) is 15.7. The molecule has 0 radical (unpaired) electrons. The van der Waals surface area contributed by atoms with Crippen molar-refractivity contribution in [1.82, 2.24) is 9.78 Å². The SMILES string of the molecule is Cc1cnn(-c2ccc(CBr)cc2[N+](=O)[O-])c1. The summed E-state index contributed by atoms with van der Waals surface area (Å²) in [6.45, 7) is 1.89. The van der Waals surface area contributed by atoms with Crippen LogP contribution in [0, 0.1) is 17.0 Å². The Bertz CT molecular complexity index is 566. The van der Waals surface area contributed by atoms with Gasteiger partial charge in [0.25, 0.3) is 5.69 Å². The summed E-state index contributed by atoms with van der Waals surface area (Å²) in [4.78, 5) is 10.6. The highest BCUT2D eigenvalue weighted by Gasteiger charge is 2.16. The minimum atomic E-state index is -0.390. The predicted molar refractivity (Wildman–Crippen MR) is 67.6 cm³/mol. The third-order valence-electron chi connectivity index (χ3n) is 2.35. The van der Waals surface area contributed by atoms with E-state index in [0.717, 1.165) is 11.1 Å². The number of alkyl halides is 1. The molecule has 0 unspecified atom stereocenters. The zero-order valence-electron chi connectivity index (χ0n) is 9.13. The fourth-order valence-corrected chi connectivity index (χ4v) is 1.89. The van der Waals surface area contributed by atoms with Crippen molar-refractivity contribution in [2.75, 3.05) is 0 Å². The van der Waals surface area contributed by atoms with Crippen LogP contribution < -0.4 is 0 Å². The van der Waals surface area contributed by atoms with Gasteiger partial charge in [-0.15, -0.1) is 0 Å². The average Bonchev–Trinajstić information content (AvgIpc) is 2.75. The molecule has 1 heterocycles. The number of rotatable bonds is 3. The first-order valence-corrected chi connectivity index (χ1v) is 6.09. The summed E-state index contributed by atoms with van der Waals surface area (Å²) in [6, 6.07) is 5.11. The molecule has 0 fully saturated rings. The smallest absolute Gasteiger partial charge is 0.258 e.